The lowest BCUT2D eigenvalue weighted by Gasteiger charge is -2.76. The van der Waals surface area contributed by atoms with Crippen LogP contribution in [-0.2, 0) is 16.6 Å². The summed E-state index contributed by atoms with van der Waals surface area (Å²) in [4.78, 5) is 2.80. The number of ether oxygens (including phenoxy) is 3. The Morgan fingerprint density at radius 3 is 2.58 bits per heavy atom. The predicted octanol–water partition coefficient (Wildman–Crippen LogP) is 4.75. The van der Waals surface area contributed by atoms with Crippen molar-refractivity contribution in [2.24, 2.45) is 16.7 Å². The van der Waals surface area contributed by atoms with Crippen molar-refractivity contribution >= 4 is 0 Å². The highest BCUT2D eigenvalue weighted by atomic mass is 16.6. The number of nitrogens with zero attached hydrogens (tertiary/aromatic N) is 1. The molecule has 6 nitrogen and oxygen atoms in total. The van der Waals surface area contributed by atoms with Crippen molar-refractivity contribution in [3.8, 4) is 17.2 Å². The van der Waals surface area contributed by atoms with Gasteiger partial charge < -0.3 is 24.4 Å². The smallest absolute Gasteiger partial charge is 0.165 e. The van der Waals surface area contributed by atoms with Crippen LogP contribution in [-0.4, -0.2) is 60.2 Å². The minimum Gasteiger partial charge on any atom is -0.504 e. The van der Waals surface area contributed by atoms with Crippen LogP contribution < -0.4 is 9.47 Å². The second kappa shape index (κ2) is 7.47. The quantitative estimate of drug-likeness (QED) is 0.576. The first-order valence-electron chi connectivity index (χ1n) is 14.5. The molecule has 2 spiro atoms. The van der Waals surface area contributed by atoms with Crippen LogP contribution in [0.25, 0.3) is 0 Å². The molecule has 6 heteroatoms. The summed E-state index contributed by atoms with van der Waals surface area (Å²) in [6.07, 6.45) is 6.53. The number of phenolic OH excluding ortho intramolecular Hbond substituents is 1. The summed E-state index contributed by atoms with van der Waals surface area (Å²) in [5, 5.41) is 23.3. The monoisotopic (exact) mass is 517 g/mol. The van der Waals surface area contributed by atoms with Crippen LogP contribution in [0.5, 0.6) is 17.2 Å². The summed E-state index contributed by atoms with van der Waals surface area (Å²) >= 11 is 0. The van der Waals surface area contributed by atoms with Gasteiger partial charge in [0, 0.05) is 41.5 Å². The number of rotatable bonds is 6. The first-order chi connectivity index (χ1) is 18.3. The van der Waals surface area contributed by atoms with Gasteiger partial charge in [0.1, 0.15) is 17.5 Å². The molecule has 202 valence electrons. The largest absolute Gasteiger partial charge is 0.504 e. The summed E-state index contributed by atoms with van der Waals surface area (Å²) in [5.74, 6) is 2.53. The van der Waals surface area contributed by atoms with Crippen molar-refractivity contribution in [2.45, 2.75) is 81.1 Å². The summed E-state index contributed by atoms with van der Waals surface area (Å²) in [6, 6.07) is 12.2. The molecule has 3 unspecified atom stereocenters. The molecule has 5 aliphatic carbocycles. The molecular weight excluding hydrogens is 478 g/mol. The third kappa shape index (κ3) is 2.52. The van der Waals surface area contributed by atoms with E-state index in [0.717, 1.165) is 55.9 Å². The molecule has 0 aromatic heterocycles. The van der Waals surface area contributed by atoms with E-state index in [1.165, 1.54) is 30.5 Å². The second-order valence-electron chi connectivity index (χ2n) is 13.3. The SMILES string of the molecule is COc1ccc([C@@H](O)C2(C)CC34CC[C@]2(OC)[C@H]2Oc5c(O)ccc6c5[C@@]23CCN(CC2CC2)C4C6)cc1. The molecule has 4 bridgehead atoms. The summed E-state index contributed by atoms with van der Waals surface area (Å²) < 4.78 is 19.0. The van der Waals surface area contributed by atoms with Gasteiger partial charge in [-0.15, -0.1) is 0 Å². The standard InChI is InChI=1S/C32H39NO5/c1-29(27(35)20-6-9-22(36-2)10-7-20)18-30-12-13-32(29,37-3)28-31(30)14-15-33(17-19-4-5-19)24(30)16-21-8-11-23(34)26(38-28)25(21)31/h6-11,19,24,27-28,34-35H,4-5,12-18H2,1-3H3/t24?,27-,28+,29?,30?,31+,32+/m1/s1. The van der Waals surface area contributed by atoms with Crippen LogP contribution in [0.15, 0.2) is 36.4 Å². The van der Waals surface area contributed by atoms with Crippen LogP contribution >= 0.6 is 0 Å². The van der Waals surface area contributed by atoms with Gasteiger partial charge in [0.05, 0.1) is 13.2 Å². The maximum Gasteiger partial charge on any atom is 0.165 e. The van der Waals surface area contributed by atoms with Crippen molar-refractivity contribution in [3.63, 3.8) is 0 Å². The molecule has 5 fully saturated rings. The molecule has 4 saturated carbocycles. The number of methoxy groups -OCH3 is 2. The average Bonchev–Trinajstić information content (AvgIpc) is 3.68. The topological polar surface area (TPSA) is 71.4 Å². The fourth-order valence-corrected chi connectivity index (χ4v) is 10.4. The number of aliphatic hydroxyl groups is 1. The molecule has 0 radical (unpaired) electrons. The molecule has 9 rings (SSSR count). The number of likely N-dealkylation sites (tertiary alicyclic amines) is 1. The fraction of sp³-hybridized carbons (Fsp3) is 0.625. The fourth-order valence-electron chi connectivity index (χ4n) is 10.4. The summed E-state index contributed by atoms with van der Waals surface area (Å²) in [6.45, 7) is 4.48. The van der Waals surface area contributed by atoms with Crippen molar-refractivity contribution in [1.82, 2.24) is 4.90 Å². The minimum atomic E-state index is -0.720. The molecule has 2 aliphatic heterocycles. The molecule has 2 N–H and O–H groups in total. The molecule has 2 aromatic carbocycles. The predicted molar refractivity (Wildman–Crippen MR) is 143 cm³/mol. The van der Waals surface area contributed by atoms with Crippen LogP contribution in [0.1, 0.15) is 68.2 Å². The Hall–Kier alpha value is -2.28. The maximum absolute atomic E-state index is 12.2. The first-order valence-corrected chi connectivity index (χ1v) is 14.5. The Bertz CT molecular complexity index is 1310. The van der Waals surface area contributed by atoms with Gasteiger partial charge >= 0.3 is 0 Å². The number of benzene rings is 2. The van der Waals surface area contributed by atoms with Crippen LogP contribution in [0.2, 0.25) is 0 Å². The van der Waals surface area contributed by atoms with Gasteiger partial charge in [0.15, 0.2) is 11.5 Å². The van der Waals surface area contributed by atoms with Gasteiger partial charge in [-0.1, -0.05) is 25.1 Å². The summed E-state index contributed by atoms with van der Waals surface area (Å²) in [5.41, 5.74) is 1.99. The van der Waals surface area contributed by atoms with E-state index in [2.05, 4.69) is 17.9 Å². The Morgan fingerprint density at radius 2 is 1.87 bits per heavy atom. The lowest BCUT2D eigenvalue weighted by atomic mass is 9.31. The Labute approximate surface area is 224 Å². The van der Waals surface area contributed by atoms with E-state index in [-0.39, 0.29) is 22.7 Å². The van der Waals surface area contributed by atoms with Gasteiger partial charge in [-0.05, 0) is 86.7 Å². The number of aliphatic hydroxyl groups excluding tert-OH is 1. The van der Waals surface area contributed by atoms with Gasteiger partial charge in [-0.3, -0.25) is 4.90 Å². The van der Waals surface area contributed by atoms with E-state index in [1.54, 1.807) is 7.11 Å². The minimum absolute atomic E-state index is 0.0423. The molecule has 2 heterocycles. The van der Waals surface area contributed by atoms with Crippen molar-refractivity contribution in [3.05, 3.63) is 53.1 Å². The zero-order valence-corrected chi connectivity index (χ0v) is 22.7. The van der Waals surface area contributed by atoms with Crippen molar-refractivity contribution in [2.75, 3.05) is 27.3 Å². The third-order valence-corrected chi connectivity index (χ3v) is 12.1. The summed E-state index contributed by atoms with van der Waals surface area (Å²) in [7, 11) is 3.48. The van der Waals surface area contributed by atoms with E-state index in [0.29, 0.717) is 11.8 Å². The number of hydrogen-bond acceptors (Lipinski definition) is 6. The zero-order chi connectivity index (χ0) is 26.1. The van der Waals surface area contributed by atoms with E-state index >= 15 is 0 Å². The van der Waals surface area contributed by atoms with E-state index in [9.17, 15) is 10.2 Å². The average molecular weight is 518 g/mol. The number of aromatic hydroxyl groups is 1. The van der Waals surface area contributed by atoms with Crippen molar-refractivity contribution in [1.29, 1.82) is 0 Å². The highest BCUT2D eigenvalue weighted by molar-refractivity contribution is 5.63. The molecule has 7 aliphatic rings. The lowest BCUT2D eigenvalue weighted by Crippen LogP contribution is -2.83. The van der Waals surface area contributed by atoms with Gasteiger partial charge in [0.25, 0.3) is 0 Å². The normalized spacial score (nSPS) is 40.9. The molecule has 0 amide bonds. The Balaban J connectivity index is 1.33. The first kappa shape index (κ1) is 23.6. The molecule has 7 atom stereocenters. The number of hydrogen-bond donors (Lipinski definition) is 2. The molecular formula is C32H39NO5. The highest BCUT2D eigenvalue weighted by Gasteiger charge is 2.84. The van der Waals surface area contributed by atoms with Crippen LogP contribution in [0, 0.1) is 16.7 Å². The van der Waals surface area contributed by atoms with Gasteiger partial charge in [-0.25, -0.2) is 0 Å². The number of fused-ring (bicyclic) bond motifs is 2. The molecule has 38 heavy (non-hydrogen) atoms. The van der Waals surface area contributed by atoms with E-state index in [1.807, 2.05) is 37.4 Å². The Kier molecular flexibility index (Phi) is 4.64. The second-order valence-corrected chi connectivity index (χ2v) is 13.3. The van der Waals surface area contributed by atoms with Gasteiger partial charge in [-0.2, -0.15) is 0 Å². The van der Waals surface area contributed by atoms with E-state index < -0.39 is 17.1 Å². The van der Waals surface area contributed by atoms with Gasteiger partial charge in [0.2, 0.25) is 0 Å². The Morgan fingerprint density at radius 1 is 1.08 bits per heavy atom. The molecule has 2 aromatic rings. The molecule has 1 saturated heterocycles. The van der Waals surface area contributed by atoms with Crippen LogP contribution in [0.4, 0.5) is 0 Å². The third-order valence-electron chi connectivity index (χ3n) is 12.1. The highest BCUT2D eigenvalue weighted by Crippen LogP contribution is 2.80. The van der Waals surface area contributed by atoms with Crippen molar-refractivity contribution < 1.29 is 24.4 Å². The number of piperidine rings is 1. The lowest BCUT2D eigenvalue weighted by molar-refractivity contribution is -0.324. The van der Waals surface area contributed by atoms with E-state index in [4.69, 9.17) is 14.2 Å². The van der Waals surface area contributed by atoms with Crippen LogP contribution in [0.3, 0.4) is 0 Å². The maximum atomic E-state index is 12.2. The number of phenols is 1. The zero-order valence-electron chi connectivity index (χ0n) is 22.7.